The van der Waals surface area contributed by atoms with Gasteiger partial charge in [0.15, 0.2) is 0 Å². The molecule has 0 spiro atoms. The number of benzene rings is 2. The molecule has 1 aromatic heterocycles. The highest BCUT2D eigenvalue weighted by atomic mass is 35.5. The second-order valence-corrected chi connectivity index (χ2v) is 9.59. The molecule has 0 aliphatic carbocycles. The van der Waals surface area contributed by atoms with E-state index in [4.69, 9.17) is 16.3 Å². The standard InChI is InChI=1S/C27H28ClFN4O4/c1-15(14-34)7-24-30-11-22(28)26(32-24)18-9-20-21(23(29)10-18)12-33(27(20)36)13-25(35)31-16(2)17-5-4-6-19(8-17)37-3/h4-6,8-11,15-16,34H,7,12-14H2,1-3H3,(H,31,35)/t15-,16-/m1/s1. The number of rotatable bonds is 9. The third-order valence-electron chi connectivity index (χ3n) is 6.28. The second-order valence-electron chi connectivity index (χ2n) is 9.19. The Labute approximate surface area is 219 Å². The molecule has 1 aliphatic rings. The van der Waals surface area contributed by atoms with Gasteiger partial charge in [0.2, 0.25) is 5.91 Å². The summed E-state index contributed by atoms with van der Waals surface area (Å²) in [6, 6.07) is 9.86. The summed E-state index contributed by atoms with van der Waals surface area (Å²) >= 11 is 6.30. The molecule has 0 saturated heterocycles. The Morgan fingerprint density at radius 3 is 2.81 bits per heavy atom. The molecule has 2 aromatic carbocycles. The van der Waals surface area contributed by atoms with Crippen LogP contribution in [0.2, 0.25) is 5.02 Å². The zero-order valence-electron chi connectivity index (χ0n) is 20.8. The molecule has 0 bridgehead atoms. The van der Waals surface area contributed by atoms with Crippen molar-refractivity contribution in [3.8, 4) is 17.0 Å². The smallest absolute Gasteiger partial charge is 0.255 e. The van der Waals surface area contributed by atoms with Crippen LogP contribution in [-0.2, 0) is 17.8 Å². The van der Waals surface area contributed by atoms with Crippen molar-refractivity contribution in [1.29, 1.82) is 0 Å². The maximum atomic E-state index is 15.1. The van der Waals surface area contributed by atoms with E-state index in [1.54, 1.807) is 13.2 Å². The van der Waals surface area contributed by atoms with Crippen LogP contribution in [0.5, 0.6) is 5.75 Å². The lowest BCUT2D eigenvalue weighted by Gasteiger charge is -2.19. The number of hydrogen-bond acceptors (Lipinski definition) is 6. The summed E-state index contributed by atoms with van der Waals surface area (Å²) in [5.41, 5.74) is 1.89. The molecule has 2 heterocycles. The summed E-state index contributed by atoms with van der Waals surface area (Å²) in [6.45, 7) is 3.44. The lowest BCUT2D eigenvalue weighted by Crippen LogP contribution is -2.38. The SMILES string of the molecule is COc1cccc([C@@H](C)NC(=O)CN2Cc3c(F)cc(-c4nc(C[C@@H](C)CO)ncc4Cl)cc3C2=O)c1. The number of carbonyl (C=O) groups excluding carboxylic acids is 2. The number of carbonyl (C=O) groups is 2. The van der Waals surface area contributed by atoms with Crippen LogP contribution >= 0.6 is 11.6 Å². The number of halogens is 2. The van der Waals surface area contributed by atoms with Crippen LogP contribution in [0.25, 0.3) is 11.3 Å². The van der Waals surface area contributed by atoms with Crippen LogP contribution in [0, 0.1) is 11.7 Å². The fraction of sp³-hybridized carbons (Fsp3) is 0.333. The van der Waals surface area contributed by atoms with Crippen molar-refractivity contribution in [3.63, 3.8) is 0 Å². The van der Waals surface area contributed by atoms with Gasteiger partial charge in [-0.2, -0.15) is 0 Å². The third kappa shape index (κ3) is 5.89. The van der Waals surface area contributed by atoms with Crippen LogP contribution in [-0.4, -0.2) is 52.1 Å². The Morgan fingerprint density at radius 2 is 2.08 bits per heavy atom. The van der Waals surface area contributed by atoms with E-state index < -0.39 is 11.7 Å². The van der Waals surface area contributed by atoms with E-state index in [0.29, 0.717) is 29.3 Å². The minimum atomic E-state index is -0.575. The zero-order chi connectivity index (χ0) is 26.7. The van der Waals surface area contributed by atoms with E-state index in [0.717, 1.165) is 5.56 Å². The molecule has 2 N–H and O–H groups in total. The number of methoxy groups -OCH3 is 1. The van der Waals surface area contributed by atoms with Gasteiger partial charge < -0.3 is 20.1 Å². The number of nitrogens with one attached hydrogen (secondary N) is 1. The third-order valence-corrected chi connectivity index (χ3v) is 6.55. The summed E-state index contributed by atoms with van der Waals surface area (Å²) in [7, 11) is 1.57. The fourth-order valence-corrected chi connectivity index (χ4v) is 4.42. The summed E-state index contributed by atoms with van der Waals surface area (Å²) in [5.74, 6) is -0.310. The monoisotopic (exact) mass is 526 g/mol. The predicted octanol–water partition coefficient (Wildman–Crippen LogP) is 3.95. The Balaban J connectivity index is 1.50. The Kier molecular flexibility index (Phi) is 8.04. The number of aromatic nitrogens is 2. The van der Waals surface area contributed by atoms with Crippen molar-refractivity contribution in [2.24, 2.45) is 5.92 Å². The van der Waals surface area contributed by atoms with Gasteiger partial charge in [-0.1, -0.05) is 30.7 Å². The average molecular weight is 527 g/mol. The van der Waals surface area contributed by atoms with Crippen molar-refractivity contribution in [2.45, 2.75) is 32.9 Å². The van der Waals surface area contributed by atoms with Crippen molar-refractivity contribution in [2.75, 3.05) is 20.3 Å². The Hall–Kier alpha value is -3.56. The molecule has 0 unspecified atom stereocenters. The number of amides is 2. The van der Waals surface area contributed by atoms with Gasteiger partial charge in [0.05, 0.1) is 30.4 Å². The second kappa shape index (κ2) is 11.2. The average Bonchev–Trinajstić information content (AvgIpc) is 3.20. The van der Waals surface area contributed by atoms with Crippen LogP contribution in [0.1, 0.15) is 47.2 Å². The summed E-state index contributed by atoms with van der Waals surface area (Å²) < 4.78 is 20.3. The number of hydrogen-bond donors (Lipinski definition) is 2. The fourth-order valence-electron chi connectivity index (χ4n) is 4.22. The maximum absolute atomic E-state index is 15.1. The quantitative estimate of drug-likeness (QED) is 0.437. The van der Waals surface area contributed by atoms with Gasteiger partial charge in [0, 0.05) is 35.9 Å². The van der Waals surface area contributed by atoms with E-state index in [1.165, 1.54) is 17.2 Å². The molecule has 2 atom stereocenters. The number of nitrogens with zero attached hydrogens (tertiary/aromatic N) is 3. The van der Waals surface area contributed by atoms with Crippen LogP contribution in [0.15, 0.2) is 42.6 Å². The van der Waals surface area contributed by atoms with Gasteiger partial charge in [-0.15, -0.1) is 0 Å². The summed E-state index contributed by atoms with van der Waals surface area (Å²) in [5, 5.41) is 12.4. The van der Waals surface area contributed by atoms with Gasteiger partial charge in [0.1, 0.15) is 23.9 Å². The highest BCUT2D eigenvalue weighted by Crippen LogP contribution is 2.33. The van der Waals surface area contributed by atoms with Gasteiger partial charge in [-0.05, 0) is 42.7 Å². The van der Waals surface area contributed by atoms with Gasteiger partial charge in [-0.3, -0.25) is 9.59 Å². The summed E-state index contributed by atoms with van der Waals surface area (Å²) in [4.78, 5) is 35.8. The maximum Gasteiger partial charge on any atom is 0.255 e. The highest BCUT2D eigenvalue weighted by Gasteiger charge is 2.32. The van der Waals surface area contributed by atoms with E-state index in [-0.39, 0.29) is 53.7 Å². The zero-order valence-corrected chi connectivity index (χ0v) is 21.6. The molecule has 0 fully saturated rings. The highest BCUT2D eigenvalue weighted by molar-refractivity contribution is 6.32. The van der Waals surface area contributed by atoms with Gasteiger partial charge in [-0.25, -0.2) is 14.4 Å². The first-order valence-corrected chi connectivity index (χ1v) is 12.3. The Morgan fingerprint density at radius 1 is 1.30 bits per heavy atom. The minimum absolute atomic E-state index is 0.0159. The molecule has 3 aromatic rings. The molecule has 2 amide bonds. The molecule has 0 radical (unpaired) electrons. The number of ether oxygens (including phenoxy) is 1. The van der Waals surface area contributed by atoms with Gasteiger partial charge >= 0.3 is 0 Å². The lowest BCUT2D eigenvalue weighted by atomic mass is 10.0. The van der Waals surface area contributed by atoms with Gasteiger partial charge in [0.25, 0.3) is 5.91 Å². The van der Waals surface area contributed by atoms with Crippen LogP contribution in [0.3, 0.4) is 0 Å². The molecule has 10 heteroatoms. The largest absolute Gasteiger partial charge is 0.497 e. The Bertz CT molecular complexity index is 1340. The molecule has 1 aliphatic heterocycles. The number of fused-ring (bicyclic) bond motifs is 1. The number of aliphatic hydroxyl groups is 1. The molecular formula is C27H28ClFN4O4. The van der Waals surface area contributed by atoms with Crippen molar-refractivity contribution < 1.29 is 23.8 Å². The predicted molar refractivity (Wildman–Crippen MR) is 137 cm³/mol. The molecule has 194 valence electrons. The number of aliphatic hydroxyl groups excluding tert-OH is 1. The normalized spacial score (nSPS) is 14.3. The lowest BCUT2D eigenvalue weighted by molar-refractivity contribution is -0.122. The van der Waals surface area contributed by atoms with Crippen molar-refractivity contribution in [1.82, 2.24) is 20.2 Å². The first-order chi connectivity index (χ1) is 17.7. The van der Waals surface area contributed by atoms with Crippen molar-refractivity contribution in [3.05, 3.63) is 75.9 Å². The molecule has 4 rings (SSSR count). The van der Waals surface area contributed by atoms with E-state index in [1.807, 2.05) is 38.1 Å². The van der Waals surface area contributed by atoms with Crippen LogP contribution < -0.4 is 10.1 Å². The molecular weight excluding hydrogens is 499 g/mol. The molecule has 0 saturated carbocycles. The minimum Gasteiger partial charge on any atom is -0.497 e. The van der Waals surface area contributed by atoms with Crippen molar-refractivity contribution >= 4 is 23.4 Å². The first-order valence-electron chi connectivity index (χ1n) is 11.9. The van der Waals surface area contributed by atoms with E-state index in [2.05, 4.69) is 15.3 Å². The summed E-state index contributed by atoms with van der Waals surface area (Å²) in [6.07, 6.45) is 1.85. The first kappa shape index (κ1) is 26.5. The molecule has 8 nitrogen and oxygen atoms in total. The van der Waals surface area contributed by atoms with E-state index in [9.17, 15) is 14.7 Å². The topological polar surface area (TPSA) is 105 Å². The van der Waals surface area contributed by atoms with Crippen LogP contribution in [0.4, 0.5) is 4.39 Å². The van der Waals surface area contributed by atoms with E-state index >= 15 is 4.39 Å². The molecule has 37 heavy (non-hydrogen) atoms.